The van der Waals surface area contributed by atoms with Crippen LogP contribution in [-0.4, -0.2) is 6.36 Å². The van der Waals surface area contributed by atoms with Gasteiger partial charge in [0.2, 0.25) is 0 Å². The maximum Gasteiger partial charge on any atom is 0.573 e. The van der Waals surface area contributed by atoms with Crippen LogP contribution in [0.2, 0.25) is 0 Å². The Hall–Kier alpha value is -1.56. The van der Waals surface area contributed by atoms with Gasteiger partial charge in [0, 0.05) is 10.9 Å². The van der Waals surface area contributed by atoms with E-state index in [0.717, 1.165) is 0 Å². The normalized spacial score (nSPS) is 11.4. The molecule has 0 N–H and O–H groups in total. The molecule has 0 aromatic heterocycles. The van der Waals surface area contributed by atoms with Gasteiger partial charge >= 0.3 is 6.36 Å². The number of hydrogen-bond acceptors (Lipinski definition) is 1. The highest BCUT2D eigenvalue weighted by atomic mass is 79.9. The minimum atomic E-state index is -4.77. The molecule has 0 saturated heterocycles. The zero-order chi connectivity index (χ0) is 14.8. The van der Waals surface area contributed by atoms with Crippen molar-refractivity contribution in [3.8, 4) is 16.9 Å². The van der Waals surface area contributed by atoms with E-state index < -0.39 is 12.2 Å². The fraction of sp³-hybridized carbons (Fsp3) is 0.143. The first-order valence-corrected chi connectivity index (χ1v) is 6.72. The number of halogens is 5. The Bertz CT molecular complexity index is 610. The molecule has 106 valence electrons. The summed E-state index contributed by atoms with van der Waals surface area (Å²) in [6.45, 7) is 0. The summed E-state index contributed by atoms with van der Waals surface area (Å²) in [5.41, 5.74) is 1.08. The lowest BCUT2D eigenvalue weighted by molar-refractivity contribution is -0.274. The summed E-state index contributed by atoms with van der Waals surface area (Å²) in [7, 11) is 0. The summed E-state index contributed by atoms with van der Waals surface area (Å²) >= 11 is 3.13. The van der Waals surface area contributed by atoms with Crippen LogP contribution < -0.4 is 4.74 Å². The predicted octanol–water partition coefficient (Wildman–Crippen LogP) is 5.29. The molecule has 0 aliphatic heterocycles. The lowest BCUT2D eigenvalue weighted by Crippen LogP contribution is -2.17. The molecular formula is C14H9BrF4O. The molecule has 1 nitrogen and oxygen atoms in total. The van der Waals surface area contributed by atoms with Crippen LogP contribution in [0.25, 0.3) is 11.1 Å². The van der Waals surface area contributed by atoms with E-state index >= 15 is 0 Å². The molecule has 0 aliphatic rings. The highest BCUT2D eigenvalue weighted by molar-refractivity contribution is 9.08. The zero-order valence-corrected chi connectivity index (χ0v) is 11.6. The van der Waals surface area contributed by atoms with Crippen molar-refractivity contribution >= 4 is 15.9 Å². The Morgan fingerprint density at radius 1 is 1.05 bits per heavy atom. The fourth-order valence-electron chi connectivity index (χ4n) is 1.76. The first kappa shape index (κ1) is 14.8. The Morgan fingerprint density at radius 3 is 2.40 bits per heavy atom. The Labute approximate surface area is 121 Å². The lowest BCUT2D eigenvalue weighted by atomic mass is 10.0. The number of rotatable bonds is 3. The molecule has 0 aliphatic carbocycles. The van der Waals surface area contributed by atoms with Crippen molar-refractivity contribution < 1.29 is 22.3 Å². The van der Waals surface area contributed by atoms with E-state index in [1.807, 2.05) is 0 Å². The highest BCUT2D eigenvalue weighted by Crippen LogP contribution is 2.34. The molecule has 0 radical (unpaired) electrons. The van der Waals surface area contributed by atoms with Gasteiger partial charge in [0.1, 0.15) is 11.6 Å². The van der Waals surface area contributed by atoms with Crippen molar-refractivity contribution in [2.45, 2.75) is 11.7 Å². The lowest BCUT2D eigenvalue weighted by Gasteiger charge is -2.13. The molecule has 20 heavy (non-hydrogen) atoms. The molecule has 0 atom stereocenters. The summed E-state index contributed by atoms with van der Waals surface area (Å²) in [6, 6.07) is 9.88. The van der Waals surface area contributed by atoms with Crippen molar-refractivity contribution in [3.63, 3.8) is 0 Å². The maximum atomic E-state index is 13.4. The third kappa shape index (κ3) is 3.50. The molecular weight excluding hydrogens is 340 g/mol. The van der Waals surface area contributed by atoms with Gasteiger partial charge in [-0.15, -0.1) is 13.2 Å². The molecule has 2 rings (SSSR count). The van der Waals surface area contributed by atoms with Crippen molar-refractivity contribution in [2.75, 3.05) is 0 Å². The second-order valence-electron chi connectivity index (χ2n) is 3.98. The Morgan fingerprint density at radius 2 is 1.75 bits per heavy atom. The van der Waals surface area contributed by atoms with Gasteiger partial charge in [-0.25, -0.2) is 4.39 Å². The van der Waals surface area contributed by atoms with Crippen LogP contribution in [0.4, 0.5) is 17.6 Å². The largest absolute Gasteiger partial charge is 0.573 e. The third-order valence-electron chi connectivity index (χ3n) is 2.61. The minimum Gasteiger partial charge on any atom is -0.405 e. The first-order valence-electron chi connectivity index (χ1n) is 5.60. The smallest absolute Gasteiger partial charge is 0.405 e. The van der Waals surface area contributed by atoms with Crippen LogP contribution in [0.3, 0.4) is 0 Å². The summed E-state index contributed by atoms with van der Waals surface area (Å²) in [4.78, 5) is 0. The van der Waals surface area contributed by atoms with Gasteiger partial charge in [0.25, 0.3) is 0 Å². The van der Waals surface area contributed by atoms with Crippen molar-refractivity contribution in [1.29, 1.82) is 0 Å². The van der Waals surface area contributed by atoms with Crippen molar-refractivity contribution in [3.05, 3.63) is 53.8 Å². The average molecular weight is 349 g/mol. The minimum absolute atomic E-state index is 0.257. The standard InChI is InChI=1S/C14H9BrF4O/c15-8-10-7-9(5-6-12(10)16)11-3-1-2-4-13(11)20-14(17,18)19/h1-7H,8H2. The summed E-state index contributed by atoms with van der Waals surface area (Å²) < 4.78 is 54.5. The van der Waals surface area contributed by atoms with Gasteiger partial charge in [-0.1, -0.05) is 40.2 Å². The van der Waals surface area contributed by atoms with Crippen LogP contribution >= 0.6 is 15.9 Å². The van der Waals surface area contributed by atoms with Crippen molar-refractivity contribution in [1.82, 2.24) is 0 Å². The fourth-order valence-corrected chi connectivity index (χ4v) is 2.19. The quantitative estimate of drug-likeness (QED) is 0.541. The molecule has 0 saturated carbocycles. The number of para-hydroxylation sites is 1. The van der Waals surface area contributed by atoms with E-state index in [1.54, 1.807) is 6.07 Å². The monoisotopic (exact) mass is 348 g/mol. The van der Waals surface area contributed by atoms with Gasteiger partial charge in [-0.05, 0) is 29.3 Å². The van der Waals surface area contributed by atoms with Crippen LogP contribution in [0.1, 0.15) is 5.56 Å². The van der Waals surface area contributed by atoms with Crippen LogP contribution in [0.15, 0.2) is 42.5 Å². The number of ether oxygens (including phenoxy) is 1. The van der Waals surface area contributed by atoms with Crippen LogP contribution in [0, 0.1) is 5.82 Å². The molecule has 6 heteroatoms. The maximum absolute atomic E-state index is 13.4. The summed E-state index contributed by atoms with van der Waals surface area (Å²) in [5, 5.41) is 0.273. The van der Waals surface area contributed by atoms with E-state index in [4.69, 9.17) is 0 Å². The van der Waals surface area contributed by atoms with Crippen LogP contribution in [0.5, 0.6) is 5.75 Å². The van der Waals surface area contributed by atoms with Gasteiger partial charge < -0.3 is 4.74 Å². The van der Waals surface area contributed by atoms with E-state index in [1.165, 1.54) is 36.4 Å². The van der Waals surface area contributed by atoms with Crippen LogP contribution in [-0.2, 0) is 5.33 Å². The van der Waals surface area contributed by atoms with Gasteiger partial charge in [-0.2, -0.15) is 0 Å². The number of alkyl halides is 4. The van der Waals surface area contributed by atoms with E-state index in [0.29, 0.717) is 11.1 Å². The summed E-state index contributed by atoms with van der Waals surface area (Å²) in [5.74, 6) is -0.730. The predicted molar refractivity (Wildman–Crippen MR) is 71.2 cm³/mol. The third-order valence-corrected chi connectivity index (χ3v) is 3.22. The molecule has 0 amide bonds. The molecule has 2 aromatic carbocycles. The van der Waals surface area contributed by atoms with E-state index in [2.05, 4.69) is 20.7 Å². The summed E-state index contributed by atoms with van der Waals surface area (Å²) in [6.07, 6.45) is -4.77. The molecule has 0 bridgehead atoms. The van der Waals surface area contributed by atoms with Gasteiger partial charge in [0.05, 0.1) is 0 Å². The first-order chi connectivity index (χ1) is 9.40. The van der Waals surface area contributed by atoms with Gasteiger partial charge in [-0.3, -0.25) is 0 Å². The molecule has 0 unspecified atom stereocenters. The molecule has 0 heterocycles. The molecule has 0 spiro atoms. The Balaban J connectivity index is 2.47. The second-order valence-corrected chi connectivity index (χ2v) is 4.54. The average Bonchev–Trinajstić information content (AvgIpc) is 2.38. The molecule has 0 fully saturated rings. The zero-order valence-electron chi connectivity index (χ0n) is 10.0. The van der Waals surface area contributed by atoms with Crippen molar-refractivity contribution in [2.24, 2.45) is 0 Å². The van der Waals surface area contributed by atoms with E-state index in [-0.39, 0.29) is 16.6 Å². The molecule has 2 aromatic rings. The van der Waals surface area contributed by atoms with E-state index in [9.17, 15) is 17.6 Å². The second kappa shape index (κ2) is 5.83. The van der Waals surface area contributed by atoms with Gasteiger partial charge in [0.15, 0.2) is 0 Å². The highest BCUT2D eigenvalue weighted by Gasteiger charge is 2.32. The number of benzene rings is 2. The Kier molecular flexibility index (Phi) is 4.32. The number of hydrogen-bond donors (Lipinski definition) is 0. The SMILES string of the molecule is Fc1ccc(-c2ccccc2OC(F)(F)F)cc1CBr. The topological polar surface area (TPSA) is 9.23 Å².